The van der Waals surface area contributed by atoms with Crippen molar-refractivity contribution < 1.29 is 9.90 Å². The maximum Gasteiger partial charge on any atom is 0.306 e. The van der Waals surface area contributed by atoms with Gasteiger partial charge < -0.3 is 9.67 Å². The lowest BCUT2D eigenvalue weighted by molar-refractivity contribution is -0.142. The summed E-state index contributed by atoms with van der Waals surface area (Å²) < 4.78 is 2.10. The lowest BCUT2D eigenvalue weighted by Gasteiger charge is -2.23. The molecule has 3 aromatic rings. The first-order valence-electron chi connectivity index (χ1n) is 7.29. The third-order valence-electron chi connectivity index (χ3n) is 4.50. The van der Waals surface area contributed by atoms with Crippen LogP contribution in [0.25, 0.3) is 22.0 Å². The van der Waals surface area contributed by atoms with Crippen LogP contribution in [0.4, 0.5) is 0 Å². The molecule has 1 atom stereocenters. The Kier molecular flexibility index (Phi) is 3.36. The fraction of sp³-hybridized carbons (Fsp3) is 0.250. The van der Waals surface area contributed by atoms with Gasteiger partial charge in [-0.25, -0.2) is 0 Å². The van der Waals surface area contributed by atoms with Gasteiger partial charge in [-0.1, -0.05) is 29.3 Å². The molecule has 2 N–H and O–H groups in total. The molecule has 0 aliphatic carbocycles. The minimum Gasteiger partial charge on any atom is -0.481 e. The number of aliphatic carboxylic acids is 1. The summed E-state index contributed by atoms with van der Waals surface area (Å²) in [4.78, 5) is 11.4. The highest BCUT2D eigenvalue weighted by Crippen LogP contribution is 2.43. The monoisotopic (exact) mass is 349 g/mol. The van der Waals surface area contributed by atoms with Crippen LogP contribution in [0.3, 0.4) is 0 Å². The van der Waals surface area contributed by atoms with E-state index in [0.29, 0.717) is 29.4 Å². The molecule has 1 aliphatic heterocycles. The van der Waals surface area contributed by atoms with Crippen molar-refractivity contribution >= 4 is 40.1 Å². The summed E-state index contributed by atoms with van der Waals surface area (Å²) >= 11 is 12.6. The van der Waals surface area contributed by atoms with Gasteiger partial charge in [-0.3, -0.25) is 9.89 Å². The summed E-state index contributed by atoms with van der Waals surface area (Å²) in [6.07, 6.45) is 4.60. The Morgan fingerprint density at radius 3 is 2.91 bits per heavy atom. The van der Waals surface area contributed by atoms with Gasteiger partial charge in [0.1, 0.15) is 0 Å². The van der Waals surface area contributed by atoms with Crippen molar-refractivity contribution in [2.45, 2.75) is 19.4 Å². The largest absolute Gasteiger partial charge is 0.481 e. The Bertz CT molecular complexity index is 915. The zero-order valence-electron chi connectivity index (χ0n) is 12.0. The molecule has 3 heterocycles. The normalized spacial score (nSPS) is 17.4. The molecule has 1 unspecified atom stereocenters. The molecule has 4 rings (SSSR count). The zero-order chi connectivity index (χ0) is 16.1. The number of fused-ring (bicyclic) bond motifs is 3. The molecule has 0 spiro atoms. The van der Waals surface area contributed by atoms with Crippen LogP contribution in [-0.2, 0) is 17.8 Å². The van der Waals surface area contributed by atoms with E-state index < -0.39 is 5.97 Å². The predicted molar refractivity (Wildman–Crippen MR) is 89.0 cm³/mol. The molecular weight excluding hydrogens is 337 g/mol. The maximum absolute atomic E-state index is 11.4. The summed E-state index contributed by atoms with van der Waals surface area (Å²) in [5.74, 6) is -1.14. The number of aromatic nitrogens is 3. The lowest BCUT2D eigenvalue weighted by atomic mass is 9.93. The van der Waals surface area contributed by atoms with Gasteiger partial charge in [0.25, 0.3) is 0 Å². The van der Waals surface area contributed by atoms with E-state index in [-0.39, 0.29) is 5.92 Å². The number of aromatic amines is 1. The minimum atomic E-state index is -0.760. The first-order chi connectivity index (χ1) is 11.1. The molecule has 118 valence electrons. The number of aryl methyl sites for hydroxylation is 1. The summed E-state index contributed by atoms with van der Waals surface area (Å²) in [5.41, 5.74) is 3.75. The second kappa shape index (κ2) is 5.28. The predicted octanol–water partition coefficient (Wildman–Crippen LogP) is 3.99. The Hall–Kier alpha value is -1.98. The van der Waals surface area contributed by atoms with Gasteiger partial charge in [0.15, 0.2) is 0 Å². The topological polar surface area (TPSA) is 70.9 Å². The number of carbonyl (C=O) groups is 1. The van der Waals surface area contributed by atoms with Gasteiger partial charge in [-0.05, 0) is 12.5 Å². The molecule has 7 heteroatoms. The van der Waals surface area contributed by atoms with Gasteiger partial charge in [-0.2, -0.15) is 5.10 Å². The number of hydrogen-bond acceptors (Lipinski definition) is 2. The van der Waals surface area contributed by atoms with E-state index in [1.807, 2.05) is 12.3 Å². The molecule has 1 aliphatic rings. The van der Waals surface area contributed by atoms with Crippen molar-refractivity contribution in [3.8, 4) is 11.1 Å². The smallest absolute Gasteiger partial charge is 0.306 e. The summed E-state index contributed by atoms with van der Waals surface area (Å²) in [7, 11) is 0. The number of nitrogens with one attached hydrogen (secondary N) is 1. The number of benzene rings is 1. The second-order valence-electron chi connectivity index (χ2n) is 5.75. The van der Waals surface area contributed by atoms with Crippen molar-refractivity contribution in [2.24, 2.45) is 5.92 Å². The third kappa shape index (κ3) is 2.15. The minimum absolute atomic E-state index is 0.383. The fourth-order valence-corrected chi connectivity index (χ4v) is 3.85. The molecule has 0 saturated carbocycles. The number of halogens is 2. The van der Waals surface area contributed by atoms with Gasteiger partial charge in [0.05, 0.1) is 27.7 Å². The van der Waals surface area contributed by atoms with Crippen molar-refractivity contribution in [1.82, 2.24) is 14.8 Å². The molecule has 5 nitrogen and oxygen atoms in total. The molecule has 0 bridgehead atoms. The molecule has 1 aromatic carbocycles. The molecule has 0 fully saturated rings. The van der Waals surface area contributed by atoms with Crippen molar-refractivity contribution in [3.05, 3.63) is 40.3 Å². The van der Waals surface area contributed by atoms with E-state index >= 15 is 0 Å². The van der Waals surface area contributed by atoms with E-state index in [4.69, 9.17) is 23.2 Å². The second-order valence-corrected chi connectivity index (χ2v) is 6.53. The van der Waals surface area contributed by atoms with Gasteiger partial charge in [0.2, 0.25) is 0 Å². The van der Waals surface area contributed by atoms with E-state index in [9.17, 15) is 9.90 Å². The van der Waals surface area contributed by atoms with Gasteiger partial charge >= 0.3 is 5.97 Å². The molecular formula is C16H13Cl2N3O2. The van der Waals surface area contributed by atoms with Crippen LogP contribution in [0.1, 0.15) is 12.1 Å². The third-order valence-corrected chi connectivity index (χ3v) is 5.29. The first-order valence-corrected chi connectivity index (χ1v) is 8.04. The van der Waals surface area contributed by atoms with Crippen LogP contribution >= 0.6 is 23.2 Å². The summed E-state index contributed by atoms with van der Waals surface area (Å²) in [6.45, 7) is 0.612. The summed E-state index contributed by atoms with van der Waals surface area (Å²) in [5, 5.41) is 18.2. The van der Waals surface area contributed by atoms with Crippen LogP contribution in [0.2, 0.25) is 10.0 Å². The van der Waals surface area contributed by atoms with Crippen LogP contribution in [-0.4, -0.2) is 25.8 Å². The number of H-pyrrole nitrogens is 1. The van der Waals surface area contributed by atoms with E-state index in [1.165, 1.54) is 0 Å². The number of hydrogen-bond donors (Lipinski definition) is 2. The van der Waals surface area contributed by atoms with Crippen LogP contribution in [0.15, 0.2) is 24.5 Å². The number of carboxylic acids is 1. The molecule has 23 heavy (non-hydrogen) atoms. The SMILES string of the molecule is O=C(O)C1CCn2c(c(-c3cn[nH]c3)c3ccc(Cl)c(Cl)c32)C1. The number of nitrogens with zero attached hydrogens (tertiary/aromatic N) is 2. The van der Waals surface area contributed by atoms with Crippen LogP contribution < -0.4 is 0 Å². The summed E-state index contributed by atoms with van der Waals surface area (Å²) in [6, 6.07) is 3.71. The van der Waals surface area contributed by atoms with E-state index in [1.54, 1.807) is 12.3 Å². The fourth-order valence-electron chi connectivity index (χ4n) is 3.43. The Labute approximate surface area is 141 Å². The van der Waals surface area contributed by atoms with E-state index in [2.05, 4.69) is 14.8 Å². The van der Waals surface area contributed by atoms with Crippen LogP contribution in [0.5, 0.6) is 0 Å². The molecule has 2 aromatic heterocycles. The Balaban J connectivity index is 2.05. The van der Waals surface area contributed by atoms with Gasteiger partial charge in [-0.15, -0.1) is 0 Å². The first kappa shape index (κ1) is 14.6. The molecule has 0 radical (unpaired) electrons. The number of rotatable bonds is 2. The standard InChI is InChI=1S/C16H13Cl2N3O2/c17-11-2-1-10-13(9-6-19-20-7-9)12-5-8(16(22)23)3-4-21(12)15(10)14(11)18/h1-2,6-8H,3-5H2,(H,19,20)(H,22,23). The maximum atomic E-state index is 11.4. The zero-order valence-corrected chi connectivity index (χ0v) is 13.5. The highest BCUT2D eigenvalue weighted by atomic mass is 35.5. The molecule has 0 amide bonds. The average molecular weight is 350 g/mol. The van der Waals surface area contributed by atoms with Gasteiger partial charge in [0, 0.05) is 41.4 Å². The highest BCUT2D eigenvalue weighted by Gasteiger charge is 2.30. The van der Waals surface area contributed by atoms with Crippen molar-refractivity contribution in [1.29, 1.82) is 0 Å². The average Bonchev–Trinajstić information content (AvgIpc) is 3.15. The van der Waals surface area contributed by atoms with Crippen molar-refractivity contribution in [2.75, 3.05) is 0 Å². The van der Waals surface area contributed by atoms with Crippen molar-refractivity contribution in [3.63, 3.8) is 0 Å². The highest BCUT2D eigenvalue weighted by molar-refractivity contribution is 6.45. The Morgan fingerprint density at radius 2 is 2.22 bits per heavy atom. The Morgan fingerprint density at radius 1 is 1.39 bits per heavy atom. The van der Waals surface area contributed by atoms with Crippen LogP contribution in [0, 0.1) is 5.92 Å². The lowest BCUT2D eigenvalue weighted by Crippen LogP contribution is -2.25. The quantitative estimate of drug-likeness (QED) is 0.734. The van der Waals surface area contributed by atoms with E-state index in [0.717, 1.165) is 27.7 Å². The molecule has 0 saturated heterocycles. The number of carboxylic acid groups (broad SMARTS) is 1.